The van der Waals surface area contributed by atoms with E-state index in [0.29, 0.717) is 22.8 Å². The van der Waals surface area contributed by atoms with Crippen molar-refractivity contribution in [1.82, 2.24) is 38.6 Å². The van der Waals surface area contributed by atoms with Crippen LogP contribution in [0.2, 0.25) is 0 Å². The first-order valence-corrected chi connectivity index (χ1v) is 12.9. The van der Waals surface area contributed by atoms with Gasteiger partial charge < -0.3 is 9.30 Å². The van der Waals surface area contributed by atoms with Gasteiger partial charge in [-0.05, 0) is 18.4 Å². The predicted octanol–water partition coefficient (Wildman–Crippen LogP) is 3.39. The summed E-state index contributed by atoms with van der Waals surface area (Å²) in [5.41, 5.74) is 1.46. The van der Waals surface area contributed by atoms with E-state index >= 15 is 0 Å². The lowest BCUT2D eigenvalue weighted by molar-refractivity contribution is 0.0131. The van der Waals surface area contributed by atoms with Crippen LogP contribution in [0.4, 0.5) is 8.78 Å². The van der Waals surface area contributed by atoms with Crippen molar-refractivity contribution in [2.24, 2.45) is 14.1 Å². The minimum absolute atomic E-state index is 0.0942. The highest BCUT2D eigenvalue weighted by Gasteiger charge is 2.32. The Morgan fingerprint density at radius 1 is 1.05 bits per heavy atom. The van der Waals surface area contributed by atoms with Gasteiger partial charge in [0.15, 0.2) is 11.5 Å². The molecule has 0 bridgehead atoms. The van der Waals surface area contributed by atoms with Gasteiger partial charge in [0.2, 0.25) is 5.88 Å². The second kappa shape index (κ2) is 9.68. The number of rotatable bonds is 7. The average Bonchev–Trinajstić information content (AvgIpc) is 3.73. The van der Waals surface area contributed by atoms with Crippen molar-refractivity contribution < 1.29 is 13.5 Å². The highest BCUT2D eigenvalue weighted by Crippen LogP contribution is 2.44. The fraction of sp³-hybridized carbons (Fsp3) is 0.321. The molecule has 4 aromatic heterocycles. The molecule has 0 atom stereocenters. The van der Waals surface area contributed by atoms with Crippen molar-refractivity contribution in [3.05, 3.63) is 80.8 Å². The van der Waals surface area contributed by atoms with E-state index in [1.165, 1.54) is 37.4 Å². The molecule has 41 heavy (non-hydrogen) atoms. The van der Waals surface area contributed by atoms with Crippen molar-refractivity contribution in [3.63, 3.8) is 0 Å². The summed E-state index contributed by atoms with van der Waals surface area (Å²) in [6, 6.07) is 7.05. The standard InChI is InChI=1S/C28H26F2N8O3/c1-28(29,30)19-13-36(2)23(34-19)17-7-5-15(6-8-17)12-38-24-18(26(39)37(3)27(38)40)11-31-22(35-24)20-21(16-9-10-16)32-14-33-25(20)41-4/h5-8,11,13-14,16H,9-10,12H2,1-4H3. The van der Waals surface area contributed by atoms with Crippen molar-refractivity contribution in [3.8, 4) is 28.7 Å². The summed E-state index contributed by atoms with van der Waals surface area (Å²) >= 11 is 0. The molecule has 0 aliphatic heterocycles. The number of hydrogen-bond acceptors (Lipinski definition) is 8. The smallest absolute Gasteiger partial charge is 0.332 e. The molecule has 0 spiro atoms. The lowest BCUT2D eigenvalue weighted by atomic mass is 10.1. The molecule has 0 unspecified atom stereocenters. The number of benzene rings is 1. The zero-order valence-electron chi connectivity index (χ0n) is 22.8. The van der Waals surface area contributed by atoms with Crippen LogP contribution in [0.1, 0.15) is 42.6 Å². The number of alkyl halides is 2. The summed E-state index contributed by atoms with van der Waals surface area (Å²) < 4.78 is 37.0. The Bertz CT molecular complexity index is 1920. The highest BCUT2D eigenvalue weighted by molar-refractivity contribution is 5.77. The molecule has 1 aliphatic rings. The Morgan fingerprint density at radius 2 is 1.78 bits per heavy atom. The first-order valence-electron chi connectivity index (χ1n) is 12.9. The molecular weight excluding hydrogens is 534 g/mol. The molecule has 0 N–H and O–H groups in total. The molecule has 6 rings (SSSR count). The largest absolute Gasteiger partial charge is 0.480 e. The van der Waals surface area contributed by atoms with Crippen molar-refractivity contribution in [2.45, 2.75) is 38.2 Å². The van der Waals surface area contributed by atoms with Gasteiger partial charge in [-0.15, -0.1) is 0 Å². The van der Waals surface area contributed by atoms with Crippen LogP contribution in [-0.2, 0) is 26.6 Å². The van der Waals surface area contributed by atoms with E-state index in [2.05, 4.69) is 24.9 Å². The lowest BCUT2D eigenvalue weighted by Gasteiger charge is -2.14. The molecule has 0 amide bonds. The fourth-order valence-electron chi connectivity index (χ4n) is 4.83. The molecule has 0 saturated heterocycles. The molecule has 1 aliphatic carbocycles. The summed E-state index contributed by atoms with van der Waals surface area (Å²) in [7, 11) is 4.55. The third-order valence-corrected chi connectivity index (χ3v) is 7.18. The first kappa shape index (κ1) is 26.4. The molecular formula is C28H26F2N8O3. The van der Waals surface area contributed by atoms with Gasteiger partial charge in [-0.25, -0.2) is 29.7 Å². The highest BCUT2D eigenvalue weighted by atomic mass is 19.3. The van der Waals surface area contributed by atoms with Gasteiger partial charge in [0, 0.05) is 44.9 Å². The van der Waals surface area contributed by atoms with Crippen LogP contribution in [0.25, 0.3) is 33.8 Å². The molecule has 5 aromatic rings. The van der Waals surface area contributed by atoms with E-state index in [-0.39, 0.29) is 35.0 Å². The Labute approximate surface area is 232 Å². The normalized spacial score (nSPS) is 13.6. The van der Waals surface area contributed by atoms with Crippen LogP contribution >= 0.6 is 0 Å². The Hall–Kier alpha value is -4.81. The molecule has 4 heterocycles. The predicted molar refractivity (Wildman–Crippen MR) is 146 cm³/mol. The maximum absolute atomic E-state index is 13.8. The van der Waals surface area contributed by atoms with Gasteiger partial charge in [-0.1, -0.05) is 24.3 Å². The number of ether oxygens (including phenoxy) is 1. The number of imidazole rings is 1. The van der Waals surface area contributed by atoms with Crippen molar-refractivity contribution in [1.29, 1.82) is 0 Å². The van der Waals surface area contributed by atoms with Gasteiger partial charge >= 0.3 is 5.69 Å². The molecule has 210 valence electrons. The van der Waals surface area contributed by atoms with E-state index in [9.17, 15) is 18.4 Å². The third kappa shape index (κ3) is 4.66. The summed E-state index contributed by atoms with van der Waals surface area (Å²) in [6.07, 6.45) is 6.10. The van der Waals surface area contributed by atoms with Crippen LogP contribution in [-0.4, -0.2) is 45.7 Å². The molecule has 11 nitrogen and oxygen atoms in total. The number of halogens is 2. The minimum Gasteiger partial charge on any atom is -0.480 e. The Balaban J connectivity index is 1.43. The monoisotopic (exact) mass is 560 g/mol. The first-order chi connectivity index (χ1) is 19.6. The van der Waals surface area contributed by atoms with Crippen LogP contribution in [0, 0.1) is 0 Å². The van der Waals surface area contributed by atoms with Crippen LogP contribution in [0.15, 0.2) is 52.6 Å². The van der Waals surface area contributed by atoms with Crippen LogP contribution in [0.5, 0.6) is 5.88 Å². The number of aromatic nitrogens is 8. The molecule has 1 aromatic carbocycles. The number of methoxy groups -OCH3 is 1. The lowest BCUT2D eigenvalue weighted by Crippen LogP contribution is -2.38. The quantitative estimate of drug-likeness (QED) is 0.297. The third-order valence-electron chi connectivity index (χ3n) is 7.18. The maximum Gasteiger partial charge on any atom is 0.332 e. The van der Waals surface area contributed by atoms with E-state index in [4.69, 9.17) is 4.74 Å². The van der Waals surface area contributed by atoms with Crippen molar-refractivity contribution >= 4 is 11.0 Å². The van der Waals surface area contributed by atoms with E-state index in [1.807, 2.05) is 0 Å². The van der Waals surface area contributed by atoms with E-state index < -0.39 is 17.2 Å². The fourth-order valence-corrected chi connectivity index (χ4v) is 4.83. The molecule has 1 saturated carbocycles. The van der Waals surface area contributed by atoms with Crippen molar-refractivity contribution in [2.75, 3.05) is 7.11 Å². The Morgan fingerprint density at radius 3 is 2.41 bits per heavy atom. The summed E-state index contributed by atoms with van der Waals surface area (Å²) in [6.45, 7) is 0.900. The molecule has 0 radical (unpaired) electrons. The van der Waals surface area contributed by atoms with Crippen LogP contribution in [0.3, 0.4) is 0 Å². The maximum atomic E-state index is 13.8. The van der Waals surface area contributed by atoms with Gasteiger partial charge in [-0.2, -0.15) is 8.78 Å². The summed E-state index contributed by atoms with van der Waals surface area (Å²) in [4.78, 5) is 48.2. The van der Waals surface area contributed by atoms with Gasteiger partial charge in [0.25, 0.3) is 11.5 Å². The SMILES string of the molecule is COc1ncnc(C2CC2)c1-c1ncc2c(=O)n(C)c(=O)n(Cc3ccc(-c4nc(C(C)(F)F)cn4C)cc3)c2n1. The number of hydrogen-bond donors (Lipinski definition) is 0. The zero-order valence-corrected chi connectivity index (χ0v) is 22.8. The van der Waals surface area contributed by atoms with Gasteiger partial charge in [0.05, 0.1) is 19.3 Å². The second-order valence-corrected chi connectivity index (χ2v) is 10.2. The van der Waals surface area contributed by atoms with Crippen LogP contribution < -0.4 is 16.0 Å². The average molecular weight is 561 g/mol. The second-order valence-electron chi connectivity index (χ2n) is 10.2. The zero-order chi connectivity index (χ0) is 29.1. The van der Waals surface area contributed by atoms with Gasteiger partial charge in [0.1, 0.15) is 28.8 Å². The van der Waals surface area contributed by atoms with Gasteiger partial charge in [-0.3, -0.25) is 13.9 Å². The van der Waals surface area contributed by atoms with E-state index in [1.54, 1.807) is 35.9 Å². The Kier molecular flexibility index (Phi) is 6.24. The molecule has 13 heteroatoms. The topological polar surface area (TPSA) is 123 Å². The summed E-state index contributed by atoms with van der Waals surface area (Å²) in [5, 5.41) is 0.178. The minimum atomic E-state index is -3.06. The number of fused-ring (bicyclic) bond motifs is 1. The number of nitrogens with zero attached hydrogens (tertiary/aromatic N) is 8. The summed E-state index contributed by atoms with van der Waals surface area (Å²) in [5.74, 6) is -1.86. The molecule has 1 fully saturated rings. The van der Waals surface area contributed by atoms with E-state index in [0.717, 1.165) is 35.6 Å². The number of aryl methyl sites for hydroxylation is 1.